The molecule has 7 nitrogen and oxygen atoms in total. The molecule has 8 heteroatoms. The zero-order chi connectivity index (χ0) is 16.8. The molecule has 0 radical (unpaired) electrons. The summed E-state index contributed by atoms with van der Waals surface area (Å²) in [5, 5.41) is 26.4. The first-order valence-corrected chi connectivity index (χ1v) is 7.05. The van der Waals surface area contributed by atoms with E-state index in [4.69, 9.17) is 17.0 Å². The summed E-state index contributed by atoms with van der Waals surface area (Å²) in [5.74, 6) is 0.639. The van der Waals surface area contributed by atoms with Crippen LogP contribution in [0.15, 0.2) is 42.5 Å². The van der Waals surface area contributed by atoms with Crippen molar-refractivity contribution >= 4 is 28.7 Å². The largest absolute Gasteiger partial charge is 0.506 e. The average Bonchev–Trinajstić information content (AvgIpc) is 2.55. The van der Waals surface area contributed by atoms with Gasteiger partial charge in [-0.05, 0) is 36.0 Å². The number of nitrogens with one attached hydrogen (secondary N) is 2. The summed E-state index contributed by atoms with van der Waals surface area (Å²) >= 11 is 5.12. The zero-order valence-corrected chi connectivity index (χ0v) is 13.1. The van der Waals surface area contributed by atoms with E-state index in [9.17, 15) is 15.2 Å². The number of nitro groups is 1. The Morgan fingerprint density at radius 2 is 2.00 bits per heavy atom. The molecule has 0 bridgehead atoms. The predicted molar refractivity (Wildman–Crippen MR) is 90.8 cm³/mol. The van der Waals surface area contributed by atoms with Crippen LogP contribution in [0, 0.1) is 10.1 Å². The summed E-state index contributed by atoms with van der Waals surface area (Å²) in [7, 11) is 1.60. The Labute approximate surface area is 138 Å². The topological polar surface area (TPSA) is 96.7 Å². The van der Waals surface area contributed by atoms with Gasteiger partial charge in [-0.3, -0.25) is 10.1 Å². The highest BCUT2D eigenvalue weighted by molar-refractivity contribution is 7.80. The van der Waals surface area contributed by atoms with Gasteiger partial charge in [0.1, 0.15) is 11.5 Å². The van der Waals surface area contributed by atoms with Crippen LogP contribution in [-0.2, 0) is 6.54 Å². The van der Waals surface area contributed by atoms with E-state index >= 15 is 0 Å². The van der Waals surface area contributed by atoms with Gasteiger partial charge in [-0.25, -0.2) is 0 Å². The van der Waals surface area contributed by atoms with Crippen LogP contribution in [0.2, 0.25) is 0 Å². The highest BCUT2D eigenvalue weighted by Gasteiger charge is 2.11. The summed E-state index contributed by atoms with van der Waals surface area (Å²) in [6.07, 6.45) is 0. The Morgan fingerprint density at radius 1 is 1.30 bits per heavy atom. The standard InChI is InChI=1S/C15H15N3O4S/c1-22-12-5-2-10(3-6-12)9-16-15(23)17-13-8-11(18(20)21)4-7-14(13)19/h2-8,19H,9H2,1H3,(H2,16,17,23). The fraction of sp³-hybridized carbons (Fsp3) is 0.133. The molecule has 2 rings (SSSR count). The van der Waals surface area contributed by atoms with Crippen LogP contribution in [0.1, 0.15) is 5.56 Å². The molecule has 120 valence electrons. The Kier molecular flexibility index (Phi) is 5.32. The van der Waals surface area contributed by atoms with Crippen molar-refractivity contribution in [3.63, 3.8) is 0 Å². The van der Waals surface area contributed by atoms with Crippen LogP contribution in [0.4, 0.5) is 11.4 Å². The summed E-state index contributed by atoms with van der Waals surface area (Å²) in [6, 6.07) is 11.1. The Morgan fingerprint density at radius 3 is 2.61 bits per heavy atom. The highest BCUT2D eigenvalue weighted by atomic mass is 32.1. The number of nitro benzene ring substituents is 1. The van der Waals surface area contributed by atoms with Crippen LogP contribution in [0.3, 0.4) is 0 Å². The van der Waals surface area contributed by atoms with Crippen LogP contribution >= 0.6 is 12.2 Å². The van der Waals surface area contributed by atoms with Crippen LogP contribution in [0.25, 0.3) is 0 Å². The zero-order valence-electron chi connectivity index (χ0n) is 12.3. The van der Waals surface area contributed by atoms with Crippen molar-refractivity contribution in [1.29, 1.82) is 0 Å². The number of ether oxygens (including phenoxy) is 1. The molecule has 0 saturated heterocycles. The molecular formula is C15H15N3O4S. The van der Waals surface area contributed by atoms with Gasteiger partial charge in [0.15, 0.2) is 5.11 Å². The molecule has 0 atom stereocenters. The number of phenols is 1. The molecule has 0 heterocycles. The van der Waals surface area contributed by atoms with E-state index in [1.54, 1.807) is 7.11 Å². The third-order valence-corrected chi connectivity index (χ3v) is 3.30. The molecule has 0 fully saturated rings. The third-order valence-electron chi connectivity index (χ3n) is 3.05. The molecular weight excluding hydrogens is 318 g/mol. The molecule has 0 aliphatic rings. The maximum Gasteiger partial charge on any atom is 0.271 e. The van der Waals surface area contributed by atoms with Crippen LogP contribution in [-0.4, -0.2) is 22.3 Å². The van der Waals surface area contributed by atoms with Crippen molar-refractivity contribution in [3.8, 4) is 11.5 Å². The van der Waals surface area contributed by atoms with Crippen molar-refractivity contribution in [1.82, 2.24) is 5.32 Å². The van der Waals surface area contributed by atoms with Crippen molar-refractivity contribution in [2.45, 2.75) is 6.54 Å². The van der Waals surface area contributed by atoms with Crippen molar-refractivity contribution < 1.29 is 14.8 Å². The van der Waals surface area contributed by atoms with Gasteiger partial charge in [-0.1, -0.05) is 12.1 Å². The van der Waals surface area contributed by atoms with Gasteiger partial charge in [0, 0.05) is 18.7 Å². The number of hydrogen-bond donors (Lipinski definition) is 3. The highest BCUT2D eigenvalue weighted by Crippen LogP contribution is 2.27. The van der Waals surface area contributed by atoms with Gasteiger partial charge in [0.05, 0.1) is 17.7 Å². The minimum absolute atomic E-state index is 0.121. The number of rotatable bonds is 5. The number of non-ortho nitro benzene ring substituents is 1. The first-order valence-electron chi connectivity index (χ1n) is 6.65. The van der Waals surface area contributed by atoms with Gasteiger partial charge in [0.2, 0.25) is 0 Å². The fourth-order valence-corrected chi connectivity index (χ4v) is 2.01. The Hall–Kier alpha value is -2.87. The normalized spacial score (nSPS) is 9.96. The summed E-state index contributed by atoms with van der Waals surface area (Å²) in [4.78, 5) is 10.2. The second kappa shape index (κ2) is 7.41. The third kappa shape index (κ3) is 4.55. The van der Waals surface area contributed by atoms with Crippen molar-refractivity contribution in [3.05, 3.63) is 58.1 Å². The Bertz CT molecular complexity index is 719. The molecule has 0 saturated carbocycles. The second-order valence-corrected chi connectivity index (χ2v) is 5.02. The maximum absolute atomic E-state index is 10.8. The molecule has 23 heavy (non-hydrogen) atoms. The molecule has 2 aromatic carbocycles. The van der Waals surface area contributed by atoms with Crippen LogP contribution in [0.5, 0.6) is 11.5 Å². The molecule has 0 spiro atoms. The number of thiocarbonyl (C=S) groups is 1. The monoisotopic (exact) mass is 333 g/mol. The lowest BCUT2D eigenvalue weighted by Gasteiger charge is -2.12. The number of nitrogens with zero attached hydrogens (tertiary/aromatic N) is 1. The van der Waals surface area contributed by atoms with Gasteiger partial charge in [0.25, 0.3) is 5.69 Å². The fourth-order valence-electron chi connectivity index (χ4n) is 1.83. The number of hydrogen-bond acceptors (Lipinski definition) is 5. The summed E-state index contributed by atoms with van der Waals surface area (Å²) in [5.41, 5.74) is 1.02. The Balaban J connectivity index is 1.96. The lowest BCUT2D eigenvalue weighted by Crippen LogP contribution is -2.27. The number of benzene rings is 2. The number of phenolic OH excluding ortho intramolecular Hbond substituents is 1. The van der Waals surface area contributed by atoms with E-state index in [0.717, 1.165) is 11.3 Å². The van der Waals surface area contributed by atoms with Crippen molar-refractivity contribution in [2.24, 2.45) is 0 Å². The van der Waals surface area contributed by atoms with Gasteiger partial charge in [-0.15, -0.1) is 0 Å². The van der Waals surface area contributed by atoms with Gasteiger partial charge < -0.3 is 20.5 Å². The first-order chi connectivity index (χ1) is 11.0. The minimum Gasteiger partial charge on any atom is -0.506 e. The van der Waals surface area contributed by atoms with Gasteiger partial charge >= 0.3 is 0 Å². The molecule has 0 unspecified atom stereocenters. The molecule has 0 aliphatic heterocycles. The number of anilines is 1. The molecule has 0 aliphatic carbocycles. The van der Waals surface area contributed by atoms with E-state index in [-0.39, 0.29) is 22.2 Å². The van der Waals surface area contributed by atoms with E-state index < -0.39 is 4.92 Å². The quantitative estimate of drug-likeness (QED) is 0.335. The molecule has 0 aromatic heterocycles. The maximum atomic E-state index is 10.8. The van der Waals surface area contributed by atoms with E-state index in [1.165, 1.54) is 18.2 Å². The number of methoxy groups -OCH3 is 1. The summed E-state index contributed by atoms with van der Waals surface area (Å²) < 4.78 is 5.08. The van der Waals surface area contributed by atoms with Crippen LogP contribution < -0.4 is 15.4 Å². The van der Waals surface area contributed by atoms with Crippen molar-refractivity contribution in [2.75, 3.05) is 12.4 Å². The second-order valence-electron chi connectivity index (χ2n) is 4.61. The first kappa shape index (κ1) is 16.5. The SMILES string of the molecule is COc1ccc(CNC(=S)Nc2cc([N+](=O)[O-])ccc2O)cc1. The predicted octanol–water partition coefficient (Wildman–Crippen LogP) is 2.80. The number of aromatic hydroxyl groups is 1. The smallest absolute Gasteiger partial charge is 0.271 e. The lowest BCUT2D eigenvalue weighted by atomic mass is 10.2. The average molecular weight is 333 g/mol. The summed E-state index contributed by atoms with van der Waals surface area (Å²) in [6.45, 7) is 0.464. The van der Waals surface area contributed by atoms with E-state index in [2.05, 4.69) is 10.6 Å². The minimum atomic E-state index is -0.543. The lowest BCUT2D eigenvalue weighted by molar-refractivity contribution is -0.384. The molecule has 2 aromatic rings. The van der Waals surface area contributed by atoms with E-state index in [1.807, 2.05) is 24.3 Å². The molecule has 3 N–H and O–H groups in total. The van der Waals surface area contributed by atoms with Gasteiger partial charge in [-0.2, -0.15) is 0 Å². The van der Waals surface area contributed by atoms with E-state index in [0.29, 0.717) is 6.54 Å². The molecule has 0 amide bonds.